The van der Waals surface area contributed by atoms with Crippen LogP contribution < -0.4 is 10.1 Å². The quantitative estimate of drug-likeness (QED) is 0.101. The molecule has 2 amide bonds. The first-order valence-corrected chi connectivity index (χ1v) is 20.4. The summed E-state index contributed by atoms with van der Waals surface area (Å²) >= 11 is 3.44. The predicted molar refractivity (Wildman–Crippen MR) is 215 cm³/mol. The van der Waals surface area contributed by atoms with Gasteiger partial charge < -0.3 is 19.9 Å². The first kappa shape index (κ1) is 41.2. The lowest BCUT2D eigenvalue weighted by molar-refractivity contribution is -0.189. The van der Waals surface area contributed by atoms with E-state index in [4.69, 9.17) is 0 Å². The Balaban J connectivity index is 1.08. The number of alkyl halides is 3. The Kier molecular flexibility index (Phi) is 14.4. The van der Waals surface area contributed by atoms with Crippen LogP contribution in [-0.2, 0) is 29.0 Å². The van der Waals surface area contributed by atoms with E-state index in [9.17, 15) is 27.6 Å². The Morgan fingerprint density at radius 3 is 2.04 bits per heavy atom. The molecular weight excluding hydrogens is 783 g/mol. The number of halogens is 4. The predicted octanol–water partition coefficient (Wildman–Crippen LogP) is 9.42. The smallest absolute Gasteiger partial charge is 0.420 e. The molecule has 296 valence electrons. The van der Waals surface area contributed by atoms with Gasteiger partial charge in [-0.2, -0.15) is 13.2 Å². The van der Waals surface area contributed by atoms with Gasteiger partial charge in [0.2, 0.25) is 5.91 Å². The Labute approximate surface area is 335 Å². The van der Waals surface area contributed by atoms with Crippen molar-refractivity contribution in [3.63, 3.8) is 0 Å². The highest BCUT2D eigenvalue weighted by Gasteiger charge is 2.41. The zero-order valence-corrected chi connectivity index (χ0v) is 33.1. The molecule has 0 aromatic heterocycles. The van der Waals surface area contributed by atoms with Gasteiger partial charge in [-0.1, -0.05) is 102 Å². The van der Waals surface area contributed by atoms with Crippen LogP contribution in [0.5, 0.6) is 5.75 Å². The largest absolute Gasteiger partial charge is 0.491 e. The summed E-state index contributed by atoms with van der Waals surface area (Å²) in [6.45, 7) is 4.55. The Bertz CT molecular complexity index is 1910. The molecule has 0 bridgehead atoms. The summed E-state index contributed by atoms with van der Waals surface area (Å²) in [7, 11) is 0. The van der Waals surface area contributed by atoms with Crippen molar-refractivity contribution in [3.05, 3.63) is 124 Å². The van der Waals surface area contributed by atoms with Crippen LogP contribution in [0.25, 0.3) is 11.1 Å². The summed E-state index contributed by atoms with van der Waals surface area (Å²) < 4.78 is 43.2. The Morgan fingerprint density at radius 1 is 0.768 bits per heavy atom. The van der Waals surface area contributed by atoms with Crippen LogP contribution in [0.15, 0.2) is 102 Å². The third-order valence-electron chi connectivity index (χ3n) is 11.0. The average Bonchev–Trinajstić information content (AvgIpc) is 3.21. The van der Waals surface area contributed by atoms with Crippen LogP contribution in [-0.4, -0.2) is 66.5 Å². The van der Waals surface area contributed by atoms with Gasteiger partial charge >= 0.3 is 12.1 Å². The van der Waals surface area contributed by atoms with E-state index in [1.807, 2.05) is 77.7 Å². The van der Waals surface area contributed by atoms with Gasteiger partial charge in [0, 0.05) is 36.2 Å². The summed E-state index contributed by atoms with van der Waals surface area (Å²) in [5, 5.41) is 3.45. The zero-order valence-electron chi connectivity index (χ0n) is 31.5. The van der Waals surface area contributed by atoms with Crippen molar-refractivity contribution in [1.29, 1.82) is 0 Å². The molecule has 1 N–H and O–H groups in total. The van der Waals surface area contributed by atoms with Crippen molar-refractivity contribution in [3.8, 4) is 16.9 Å². The van der Waals surface area contributed by atoms with Gasteiger partial charge in [-0.25, -0.2) is 4.79 Å². The van der Waals surface area contributed by atoms with E-state index >= 15 is 0 Å². The fraction of sp³-hybridized carbons (Fsp3) is 0.400. The van der Waals surface area contributed by atoms with Crippen LogP contribution >= 0.6 is 15.9 Å². The maximum Gasteiger partial charge on any atom is 0.491 e. The molecule has 2 aliphatic rings. The highest BCUT2D eigenvalue weighted by atomic mass is 79.9. The molecule has 0 spiro atoms. The molecule has 2 fully saturated rings. The molecule has 4 aromatic carbocycles. The van der Waals surface area contributed by atoms with E-state index in [1.54, 1.807) is 17.0 Å². The second-order valence-corrected chi connectivity index (χ2v) is 15.9. The summed E-state index contributed by atoms with van der Waals surface area (Å²) in [6.07, 6.45) is 4.09. The van der Waals surface area contributed by atoms with Crippen molar-refractivity contribution in [2.45, 2.75) is 70.5 Å². The number of carbonyl (C=O) groups is 3. The second kappa shape index (κ2) is 19.6. The van der Waals surface area contributed by atoms with E-state index in [-0.39, 0.29) is 24.0 Å². The van der Waals surface area contributed by atoms with E-state index < -0.39 is 12.1 Å². The monoisotopic (exact) mass is 831 g/mol. The van der Waals surface area contributed by atoms with Crippen molar-refractivity contribution >= 4 is 33.7 Å². The van der Waals surface area contributed by atoms with Gasteiger partial charge in [0.25, 0.3) is 5.91 Å². The molecule has 11 heteroatoms. The van der Waals surface area contributed by atoms with Crippen LogP contribution in [0, 0.1) is 11.8 Å². The number of rotatable bonds is 14. The van der Waals surface area contributed by atoms with Gasteiger partial charge in [0.05, 0.1) is 6.42 Å². The van der Waals surface area contributed by atoms with Gasteiger partial charge in [-0.05, 0) is 115 Å². The van der Waals surface area contributed by atoms with Crippen molar-refractivity contribution in [2.24, 2.45) is 11.8 Å². The highest BCUT2D eigenvalue weighted by molar-refractivity contribution is 9.10. The third-order valence-corrected chi connectivity index (χ3v) is 11.6. The first-order chi connectivity index (χ1) is 27.0. The fourth-order valence-electron chi connectivity index (χ4n) is 7.73. The molecular formula is C45H49BrF3N3O4. The maximum atomic E-state index is 13.9. The van der Waals surface area contributed by atoms with Gasteiger partial charge in [-0.3, -0.25) is 9.59 Å². The minimum absolute atomic E-state index is 0.0640. The molecule has 4 aromatic rings. The fourth-order valence-corrected chi connectivity index (χ4v) is 7.99. The second-order valence-electron chi connectivity index (χ2n) is 15.0. The number of amides is 2. The van der Waals surface area contributed by atoms with Crippen LogP contribution in [0.4, 0.5) is 13.2 Å². The minimum Gasteiger partial charge on any atom is -0.420 e. The molecule has 56 heavy (non-hydrogen) atoms. The summed E-state index contributed by atoms with van der Waals surface area (Å²) in [6, 6.07) is 29.1. The number of piperidine rings is 2. The minimum atomic E-state index is -5.09. The molecule has 0 unspecified atom stereocenters. The zero-order chi connectivity index (χ0) is 39.5. The lowest BCUT2D eigenvalue weighted by atomic mass is 9.87. The summed E-state index contributed by atoms with van der Waals surface area (Å²) in [5.41, 5.74) is 5.04. The highest BCUT2D eigenvalue weighted by Crippen LogP contribution is 2.30. The molecule has 0 radical (unpaired) electrons. The number of hydrogen-bond acceptors (Lipinski definition) is 5. The SMILES string of the molecule is O=C(Cc1ccc(Br)cc1)N(CCc1ccc(OC(=O)C(F)(F)F)cc1)Cc1ccc(-c2ccccc2C(=O)N2CCC(CCCC3CCNCC3)CC2)cc1. The lowest BCUT2D eigenvalue weighted by Gasteiger charge is -2.33. The van der Waals surface area contributed by atoms with Crippen molar-refractivity contribution in [2.75, 3.05) is 32.7 Å². The molecule has 0 atom stereocenters. The number of hydrogen-bond donors (Lipinski definition) is 1. The Morgan fingerprint density at radius 2 is 1.38 bits per heavy atom. The number of ether oxygens (including phenoxy) is 1. The molecule has 0 saturated carbocycles. The van der Waals surface area contributed by atoms with Crippen molar-refractivity contribution < 1.29 is 32.3 Å². The van der Waals surface area contributed by atoms with E-state index in [1.165, 1.54) is 44.2 Å². The lowest BCUT2D eigenvalue weighted by Crippen LogP contribution is -2.38. The van der Waals surface area contributed by atoms with Crippen molar-refractivity contribution in [1.82, 2.24) is 15.1 Å². The molecule has 2 aliphatic heterocycles. The van der Waals surface area contributed by atoms with E-state index in [0.717, 1.165) is 77.2 Å². The van der Waals surface area contributed by atoms with Crippen LogP contribution in [0.3, 0.4) is 0 Å². The summed E-state index contributed by atoms with van der Waals surface area (Å²) in [5.74, 6) is -0.952. The van der Waals surface area contributed by atoms with Crippen LogP contribution in [0.2, 0.25) is 0 Å². The first-order valence-electron chi connectivity index (χ1n) is 19.6. The average molecular weight is 833 g/mol. The van der Waals surface area contributed by atoms with Crippen LogP contribution in [0.1, 0.15) is 72.0 Å². The number of nitrogens with zero attached hydrogens (tertiary/aromatic N) is 2. The van der Waals surface area contributed by atoms with E-state index in [0.29, 0.717) is 31.0 Å². The molecule has 6 rings (SSSR count). The normalized spacial score (nSPS) is 15.4. The van der Waals surface area contributed by atoms with Gasteiger partial charge in [0.15, 0.2) is 0 Å². The maximum absolute atomic E-state index is 13.9. The number of esters is 1. The molecule has 2 heterocycles. The number of benzene rings is 4. The Hall–Kier alpha value is -4.48. The molecule has 2 saturated heterocycles. The number of nitrogens with one attached hydrogen (secondary N) is 1. The van der Waals surface area contributed by atoms with Gasteiger partial charge in [-0.15, -0.1) is 0 Å². The molecule has 0 aliphatic carbocycles. The summed E-state index contributed by atoms with van der Waals surface area (Å²) in [4.78, 5) is 42.6. The van der Waals surface area contributed by atoms with E-state index in [2.05, 4.69) is 26.0 Å². The third kappa shape index (κ3) is 11.8. The standard InChI is InChI=1S/C45H49BrF3N3O4/c46-38-16-10-35(11-17-38)30-42(53)52(29-24-34-12-18-39(19-13-34)56-44(55)45(47,48)49)31-36-8-14-37(15-9-36)40-6-1-2-7-41(40)43(54)51-27-22-33(23-28-51)5-3-4-32-20-25-50-26-21-32/h1-2,6-19,32-33,50H,3-5,20-31H2. The number of carbonyl (C=O) groups excluding carboxylic acids is 3. The topological polar surface area (TPSA) is 79.0 Å². The number of likely N-dealkylation sites (tertiary alicyclic amines) is 1. The molecule has 7 nitrogen and oxygen atoms in total. The van der Waals surface area contributed by atoms with Gasteiger partial charge in [0.1, 0.15) is 5.75 Å².